The van der Waals surface area contributed by atoms with Gasteiger partial charge in [-0.25, -0.2) is 0 Å². The van der Waals surface area contributed by atoms with E-state index in [1.165, 1.54) is 50.0 Å². The minimum absolute atomic E-state index is 0.259. The van der Waals surface area contributed by atoms with E-state index in [2.05, 4.69) is 62.1 Å². The third-order valence-electron chi connectivity index (χ3n) is 5.60. The fraction of sp³-hybridized carbons (Fsp3) is 0.571. The highest BCUT2D eigenvalue weighted by atomic mass is 15.1. The summed E-state index contributed by atoms with van der Waals surface area (Å²) >= 11 is 0. The molecule has 0 atom stereocenters. The summed E-state index contributed by atoms with van der Waals surface area (Å²) in [6, 6.07) is 10.9. The van der Waals surface area contributed by atoms with Crippen molar-refractivity contribution in [1.29, 1.82) is 5.26 Å². The number of hydrogen-bond acceptors (Lipinski definition) is 2. The van der Waals surface area contributed by atoms with Gasteiger partial charge in [-0.05, 0) is 61.9 Å². The topological polar surface area (TPSA) is 27.0 Å². The first-order chi connectivity index (χ1) is 10.9. The number of piperidine rings is 1. The number of allylic oxidation sites excluding steroid dienone is 2. The number of hydrogen-bond donors (Lipinski definition) is 0. The largest absolute Gasteiger partial charge is 0.303 e. The van der Waals surface area contributed by atoms with Gasteiger partial charge in [0.25, 0.3) is 0 Å². The summed E-state index contributed by atoms with van der Waals surface area (Å²) in [6.07, 6.45) is 6.88. The van der Waals surface area contributed by atoms with Crippen LogP contribution in [0.2, 0.25) is 0 Å². The Morgan fingerprint density at radius 3 is 2.52 bits per heavy atom. The van der Waals surface area contributed by atoms with E-state index in [-0.39, 0.29) is 5.41 Å². The lowest BCUT2D eigenvalue weighted by Crippen LogP contribution is -2.44. The van der Waals surface area contributed by atoms with E-state index < -0.39 is 0 Å². The second-order valence-corrected chi connectivity index (χ2v) is 8.41. The van der Waals surface area contributed by atoms with Crippen molar-refractivity contribution in [3.05, 3.63) is 41.5 Å². The highest BCUT2D eigenvalue weighted by Gasteiger charge is 2.39. The molecule has 0 N–H and O–H groups in total. The number of likely N-dealkylation sites (tertiary alicyclic amines) is 1. The quantitative estimate of drug-likeness (QED) is 0.787. The molecule has 2 aliphatic rings. The highest BCUT2D eigenvalue weighted by Crippen LogP contribution is 2.45. The average molecular weight is 308 g/mol. The summed E-state index contributed by atoms with van der Waals surface area (Å²) in [7, 11) is 0. The molecule has 23 heavy (non-hydrogen) atoms. The summed E-state index contributed by atoms with van der Waals surface area (Å²) in [5, 5.41) is 9.39. The van der Waals surface area contributed by atoms with E-state index in [1.807, 2.05) is 0 Å². The molecule has 122 valence electrons. The Bertz CT molecular complexity index is 635. The Morgan fingerprint density at radius 2 is 1.87 bits per heavy atom. The lowest BCUT2D eigenvalue weighted by atomic mass is 9.65. The lowest BCUT2D eigenvalue weighted by Gasteiger charge is -2.44. The first kappa shape index (κ1) is 16.3. The van der Waals surface area contributed by atoms with Crippen LogP contribution < -0.4 is 0 Å². The SMILES string of the molecule is CC(C)(C)CCN1CCC2(CC=C(C#N)c3ccccc32)CC1. The van der Waals surface area contributed by atoms with Crippen molar-refractivity contribution >= 4 is 5.57 Å². The molecule has 1 fully saturated rings. The zero-order valence-electron chi connectivity index (χ0n) is 14.7. The van der Waals surface area contributed by atoms with Gasteiger partial charge in [0.2, 0.25) is 0 Å². The third kappa shape index (κ3) is 3.35. The maximum atomic E-state index is 9.39. The van der Waals surface area contributed by atoms with Crippen molar-refractivity contribution in [2.45, 2.75) is 51.9 Å². The number of benzene rings is 1. The van der Waals surface area contributed by atoms with Crippen LogP contribution in [0, 0.1) is 16.7 Å². The van der Waals surface area contributed by atoms with Crippen LogP contribution in [0.4, 0.5) is 0 Å². The van der Waals surface area contributed by atoms with Gasteiger partial charge in [-0.3, -0.25) is 0 Å². The van der Waals surface area contributed by atoms with Gasteiger partial charge < -0.3 is 4.90 Å². The monoisotopic (exact) mass is 308 g/mol. The van der Waals surface area contributed by atoms with Crippen LogP contribution in [0.15, 0.2) is 30.3 Å². The molecule has 2 nitrogen and oxygen atoms in total. The summed E-state index contributed by atoms with van der Waals surface area (Å²) < 4.78 is 0. The first-order valence-corrected chi connectivity index (χ1v) is 8.86. The van der Waals surface area contributed by atoms with Gasteiger partial charge >= 0.3 is 0 Å². The van der Waals surface area contributed by atoms with E-state index in [9.17, 15) is 5.26 Å². The van der Waals surface area contributed by atoms with E-state index in [0.29, 0.717) is 5.41 Å². The fourth-order valence-corrected chi connectivity index (χ4v) is 3.98. The van der Waals surface area contributed by atoms with Crippen LogP contribution in [0.1, 0.15) is 57.6 Å². The van der Waals surface area contributed by atoms with Gasteiger partial charge in [0.05, 0.1) is 11.6 Å². The van der Waals surface area contributed by atoms with Crippen LogP contribution in [0.3, 0.4) is 0 Å². The second kappa shape index (κ2) is 6.13. The van der Waals surface area contributed by atoms with E-state index in [4.69, 9.17) is 0 Å². The van der Waals surface area contributed by atoms with Gasteiger partial charge in [0, 0.05) is 5.41 Å². The molecule has 1 spiro atoms. The van der Waals surface area contributed by atoms with E-state index in [0.717, 1.165) is 12.0 Å². The molecule has 1 aliphatic carbocycles. The van der Waals surface area contributed by atoms with Crippen LogP contribution in [0.25, 0.3) is 5.57 Å². The molecule has 0 saturated carbocycles. The number of rotatable bonds is 2. The van der Waals surface area contributed by atoms with Gasteiger partial charge in [0.15, 0.2) is 0 Å². The molecule has 0 bridgehead atoms. The Labute approximate surface area is 140 Å². The molecule has 1 heterocycles. The van der Waals surface area contributed by atoms with E-state index >= 15 is 0 Å². The maximum Gasteiger partial charge on any atom is 0.0994 e. The summed E-state index contributed by atoms with van der Waals surface area (Å²) in [6.45, 7) is 10.5. The average Bonchev–Trinajstić information content (AvgIpc) is 2.54. The lowest BCUT2D eigenvalue weighted by molar-refractivity contribution is 0.142. The predicted octanol–water partition coefficient (Wildman–Crippen LogP) is 4.77. The minimum Gasteiger partial charge on any atom is -0.303 e. The van der Waals surface area contributed by atoms with Crippen molar-refractivity contribution in [2.75, 3.05) is 19.6 Å². The van der Waals surface area contributed by atoms with Crippen molar-refractivity contribution < 1.29 is 0 Å². The third-order valence-corrected chi connectivity index (χ3v) is 5.60. The Hall–Kier alpha value is -1.59. The summed E-state index contributed by atoms with van der Waals surface area (Å²) in [5.41, 5.74) is 4.12. The highest BCUT2D eigenvalue weighted by molar-refractivity contribution is 5.81. The molecule has 1 aliphatic heterocycles. The van der Waals surface area contributed by atoms with Crippen molar-refractivity contribution in [3.8, 4) is 6.07 Å². The maximum absolute atomic E-state index is 9.39. The molecule has 1 saturated heterocycles. The van der Waals surface area contributed by atoms with Crippen LogP contribution in [0.5, 0.6) is 0 Å². The standard InChI is InChI=1S/C21H28N2/c1-20(2,3)10-13-23-14-11-21(12-15-23)9-8-17(16-22)18-6-4-5-7-19(18)21/h4-8H,9-15H2,1-3H3. The van der Waals surface area contributed by atoms with Gasteiger partial charge in [-0.2, -0.15) is 5.26 Å². The molecular weight excluding hydrogens is 280 g/mol. The molecule has 3 rings (SSSR count). The van der Waals surface area contributed by atoms with Crippen molar-refractivity contribution in [2.24, 2.45) is 5.41 Å². The van der Waals surface area contributed by atoms with Gasteiger partial charge in [-0.1, -0.05) is 51.1 Å². The molecule has 0 aromatic heterocycles. The molecule has 0 radical (unpaired) electrons. The second-order valence-electron chi connectivity index (χ2n) is 8.41. The van der Waals surface area contributed by atoms with Crippen LogP contribution in [-0.4, -0.2) is 24.5 Å². The summed E-state index contributed by atoms with van der Waals surface area (Å²) in [4.78, 5) is 2.63. The molecule has 0 amide bonds. The molecule has 2 heteroatoms. The van der Waals surface area contributed by atoms with Crippen LogP contribution >= 0.6 is 0 Å². The normalized spacial score (nSPS) is 20.7. The van der Waals surface area contributed by atoms with Gasteiger partial charge in [-0.15, -0.1) is 0 Å². The van der Waals surface area contributed by atoms with Gasteiger partial charge in [0.1, 0.15) is 0 Å². The molecule has 1 aromatic carbocycles. The minimum atomic E-state index is 0.259. The first-order valence-electron chi connectivity index (χ1n) is 8.86. The van der Waals surface area contributed by atoms with Crippen molar-refractivity contribution in [3.63, 3.8) is 0 Å². The fourth-order valence-electron chi connectivity index (χ4n) is 3.98. The molecule has 0 unspecified atom stereocenters. The zero-order valence-corrected chi connectivity index (χ0v) is 14.7. The predicted molar refractivity (Wildman–Crippen MR) is 96.1 cm³/mol. The number of nitriles is 1. The molecule has 1 aromatic rings. The Morgan fingerprint density at radius 1 is 1.17 bits per heavy atom. The van der Waals surface area contributed by atoms with Crippen molar-refractivity contribution in [1.82, 2.24) is 4.90 Å². The van der Waals surface area contributed by atoms with E-state index in [1.54, 1.807) is 0 Å². The molecular formula is C21H28N2. The number of fused-ring (bicyclic) bond motifs is 2. The zero-order chi connectivity index (χ0) is 16.5. The number of nitrogens with zero attached hydrogens (tertiary/aromatic N) is 2. The smallest absolute Gasteiger partial charge is 0.0994 e. The van der Waals surface area contributed by atoms with Crippen LogP contribution in [-0.2, 0) is 5.41 Å². The Kier molecular flexibility index (Phi) is 4.34. The summed E-state index contributed by atoms with van der Waals surface area (Å²) in [5.74, 6) is 0. The Balaban J connectivity index is 1.74.